The van der Waals surface area contributed by atoms with E-state index < -0.39 is 5.60 Å². The molecule has 0 bridgehead atoms. The topological polar surface area (TPSA) is 37.3 Å². The van der Waals surface area contributed by atoms with E-state index in [-0.39, 0.29) is 5.41 Å². The Morgan fingerprint density at radius 1 is 0.966 bits per heavy atom. The molecule has 1 aromatic carbocycles. The van der Waals surface area contributed by atoms with Crippen molar-refractivity contribution < 1.29 is 9.90 Å². The fourth-order valence-corrected chi connectivity index (χ4v) is 8.56. The highest BCUT2D eigenvalue weighted by Crippen LogP contribution is 2.68. The van der Waals surface area contributed by atoms with Gasteiger partial charge < -0.3 is 5.11 Å². The van der Waals surface area contributed by atoms with E-state index in [1.54, 1.807) is 0 Å². The van der Waals surface area contributed by atoms with Gasteiger partial charge in [-0.1, -0.05) is 44.2 Å². The van der Waals surface area contributed by atoms with Gasteiger partial charge in [0.2, 0.25) is 0 Å². The molecule has 4 saturated carbocycles. The number of Topliss-reactive ketones (excluding diaryl/α,β-unsaturated/α-hetero) is 1. The molecule has 0 amide bonds. The molecule has 1 N–H and O–H groups in total. The highest BCUT2D eigenvalue weighted by Gasteiger charge is 2.64. The first-order valence-electron chi connectivity index (χ1n) is 12.1. The van der Waals surface area contributed by atoms with Crippen LogP contribution >= 0.6 is 0 Å². The van der Waals surface area contributed by atoms with Crippen LogP contribution < -0.4 is 0 Å². The first kappa shape index (κ1) is 19.8. The van der Waals surface area contributed by atoms with Crippen LogP contribution in [0.2, 0.25) is 0 Å². The number of ketones is 1. The summed E-state index contributed by atoms with van der Waals surface area (Å²) >= 11 is 0. The molecule has 0 heterocycles. The first-order chi connectivity index (χ1) is 13.9. The maximum atomic E-state index is 12.1. The van der Waals surface area contributed by atoms with Gasteiger partial charge in [0.25, 0.3) is 0 Å². The summed E-state index contributed by atoms with van der Waals surface area (Å²) in [6.45, 7) is 4.94. The molecule has 7 atom stereocenters. The second-order valence-electron chi connectivity index (χ2n) is 11.4. The Labute approximate surface area is 176 Å². The Hall–Kier alpha value is -1.15. The van der Waals surface area contributed by atoms with E-state index in [9.17, 15) is 9.90 Å². The lowest BCUT2D eigenvalue weighted by Gasteiger charge is -2.61. The van der Waals surface area contributed by atoms with Gasteiger partial charge in [0.15, 0.2) is 0 Å². The van der Waals surface area contributed by atoms with Crippen LogP contribution in [0.25, 0.3) is 0 Å². The minimum atomic E-state index is -0.515. The summed E-state index contributed by atoms with van der Waals surface area (Å²) in [6, 6.07) is 10.7. The Morgan fingerprint density at radius 2 is 1.72 bits per heavy atom. The standard InChI is InChI=1S/C27H38O2/c1-25-14-11-21(28)18-20(25)8-9-22-23(25)12-15-26(2)24(22)13-17-27(26,29)16-10-19-6-4-3-5-7-19/h3-7,20,22-24,29H,8-18H2,1-2H3. The van der Waals surface area contributed by atoms with Crippen molar-refractivity contribution in [1.29, 1.82) is 0 Å². The van der Waals surface area contributed by atoms with E-state index >= 15 is 0 Å². The lowest BCUT2D eigenvalue weighted by molar-refractivity contribution is -0.158. The molecule has 1 aromatic rings. The van der Waals surface area contributed by atoms with Crippen molar-refractivity contribution in [3.8, 4) is 0 Å². The Kier molecular flexibility index (Phi) is 4.74. The molecule has 158 valence electrons. The van der Waals surface area contributed by atoms with Gasteiger partial charge in [-0.2, -0.15) is 0 Å². The first-order valence-corrected chi connectivity index (χ1v) is 12.1. The molecular formula is C27H38O2. The molecule has 0 aliphatic heterocycles. The molecule has 4 fully saturated rings. The van der Waals surface area contributed by atoms with Gasteiger partial charge in [-0.05, 0) is 97.9 Å². The normalized spacial score (nSPS) is 46.7. The molecule has 2 heteroatoms. The highest BCUT2D eigenvalue weighted by atomic mass is 16.3. The quantitative estimate of drug-likeness (QED) is 0.686. The van der Waals surface area contributed by atoms with Crippen molar-refractivity contribution in [2.75, 3.05) is 0 Å². The third kappa shape index (κ3) is 2.96. The van der Waals surface area contributed by atoms with Gasteiger partial charge in [-0.3, -0.25) is 4.79 Å². The monoisotopic (exact) mass is 394 g/mol. The number of carbonyl (C=O) groups excluding carboxylic acids is 1. The van der Waals surface area contributed by atoms with Gasteiger partial charge in [0.05, 0.1) is 5.60 Å². The fraction of sp³-hybridized carbons (Fsp3) is 0.741. The second-order valence-corrected chi connectivity index (χ2v) is 11.4. The summed E-state index contributed by atoms with van der Waals surface area (Å²) in [5.74, 6) is 3.31. The highest BCUT2D eigenvalue weighted by molar-refractivity contribution is 5.79. The van der Waals surface area contributed by atoms with Crippen LogP contribution in [-0.4, -0.2) is 16.5 Å². The van der Waals surface area contributed by atoms with Crippen molar-refractivity contribution in [2.45, 2.75) is 90.1 Å². The van der Waals surface area contributed by atoms with Crippen molar-refractivity contribution >= 4 is 5.78 Å². The summed E-state index contributed by atoms with van der Waals surface area (Å²) in [4.78, 5) is 12.1. The van der Waals surface area contributed by atoms with Gasteiger partial charge >= 0.3 is 0 Å². The van der Waals surface area contributed by atoms with Crippen molar-refractivity contribution in [1.82, 2.24) is 0 Å². The van der Waals surface area contributed by atoms with E-state index in [1.165, 1.54) is 37.7 Å². The maximum absolute atomic E-state index is 12.1. The van der Waals surface area contributed by atoms with Crippen LogP contribution in [0, 0.1) is 34.5 Å². The third-order valence-electron chi connectivity index (χ3n) is 10.5. The zero-order valence-electron chi connectivity index (χ0n) is 18.3. The van der Waals surface area contributed by atoms with Crippen molar-refractivity contribution in [2.24, 2.45) is 34.5 Å². The van der Waals surface area contributed by atoms with Crippen LogP contribution in [-0.2, 0) is 11.2 Å². The van der Waals surface area contributed by atoms with Gasteiger partial charge in [0.1, 0.15) is 5.78 Å². The van der Waals surface area contributed by atoms with Crippen LogP contribution in [0.4, 0.5) is 0 Å². The summed E-state index contributed by atoms with van der Waals surface area (Å²) in [5.41, 5.74) is 1.26. The Balaban J connectivity index is 1.36. The molecule has 29 heavy (non-hydrogen) atoms. The molecule has 0 saturated heterocycles. The zero-order chi connectivity index (χ0) is 20.3. The average Bonchev–Trinajstić information content (AvgIpc) is 2.99. The predicted molar refractivity (Wildman–Crippen MR) is 116 cm³/mol. The molecule has 0 radical (unpaired) electrons. The van der Waals surface area contributed by atoms with E-state index in [1.807, 2.05) is 0 Å². The largest absolute Gasteiger partial charge is 0.389 e. The van der Waals surface area contributed by atoms with Crippen LogP contribution in [0.1, 0.15) is 83.6 Å². The minimum absolute atomic E-state index is 0.0661. The lowest BCUT2D eigenvalue weighted by Crippen LogP contribution is -2.56. The summed E-state index contributed by atoms with van der Waals surface area (Å²) in [5, 5.41) is 11.9. The molecule has 0 aromatic heterocycles. The predicted octanol–water partition coefficient (Wildman–Crippen LogP) is 5.96. The van der Waals surface area contributed by atoms with Crippen molar-refractivity contribution in [3.05, 3.63) is 35.9 Å². The SMILES string of the molecule is CC12CCC(=O)CC1CCC1C2CCC2(C)C1CCC2(O)CCc1ccccc1. The second kappa shape index (κ2) is 6.94. The number of aliphatic hydroxyl groups is 1. The van der Waals surface area contributed by atoms with Gasteiger partial charge in [-0.15, -0.1) is 0 Å². The van der Waals surface area contributed by atoms with Crippen LogP contribution in [0.5, 0.6) is 0 Å². The minimum Gasteiger partial charge on any atom is -0.389 e. The van der Waals surface area contributed by atoms with E-state index in [2.05, 4.69) is 44.2 Å². The molecular weight excluding hydrogens is 356 g/mol. The zero-order valence-corrected chi connectivity index (χ0v) is 18.3. The number of aryl methyl sites for hydroxylation is 1. The van der Waals surface area contributed by atoms with Gasteiger partial charge in [-0.25, -0.2) is 0 Å². The summed E-state index contributed by atoms with van der Waals surface area (Å²) in [6.07, 6.45) is 11.7. The summed E-state index contributed by atoms with van der Waals surface area (Å²) in [7, 11) is 0. The van der Waals surface area contributed by atoms with Crippen LogP contribution in [0.15, 0.2) is 30.3 Å². The molecule has 4 aliphatic carbocycles. The number of carbonyl (C=O) groups is 1. The number of benzene rings is 1. The van der Waals surface area contributed by atoms with Gasteiger partial charge in [0, 0.05) is 12.8 Å². The van der Waals surface area contributed by atoms with Crippen LogP contribution in [0.3, 0.4) is 0 Å². The lowest BCUT2D eigenvalue weighted by atomic mass is 9.44. The number of hydrogen-bond donors (Lipinski definition) is 1. The maximum Gasteiger partial charge on any atom is 0.133 e. The van der Waals surface area contributed by atoms with E-state index in [0.717, 1.165) is 50.4 Å². The number of hydrogen-bond acceptors (Lipinski definition) is 2. The molecule has 4 aliphatic rings. The van der Waals surface area contributed by atoms with E-state index in [4.69, 9.17) is 0 Å². The van der Waals surface area contributed by atoms with Crippen molar-refractivity contribution in [3.63, 3.8) is 0 Å². The van der Waals surface area contributed by atoms with E-state index in [0.29, 0.717) is 23.0 Å². The fourth-order valence-electron chi connectivity index (χ4n) is 8.56. The average molecular weight is 395 g/mol. The summed E-state index contributed by atoms with van der Waals surface area (Å²) < 4.78 is 0. The molecule has 5 rings (SSSR count). The molecule has 2 nitrogen and oxygen atoms in total. The number of fused-ring (bicyclic) bond motifs is 5. The smallest absolute Gasteiger partial charge is 0.133 e. The molecule has 7 unspecified atom stereocenters. The molecule has 0 spiro atoms. The third-order valence-corrected chi connectivity index (χ3v) is 10.5. The Morgan fingerprint density at radius 3 is 2.52 bits per heavy atom. The Bertz CT molecular complexity index is 772. The number of rotatable bonds is 3.